The van der Waals surface area contributed by atoms with Gasteiger partial charge in [0.1, 0.15) is 0 Å². The van der Waals surface area contributed by atoms with Crippen LogP contribution in [0, 0.1) is 5.41 Å². The molecule has 0 saturated heterocycles. The van der Waals surface area contributed by atoms with E-state index in [0.29, 0.717) is 32.7 Å². The van der Waals surface area contributed by atoms with Crippen LogP contribution in [0.3, 0.4) is 0 Å². The molecule has 6 nitrogen and oxygen atoms in total. The van der Waals surface area contributed by atoms with Gasteiger partial charge in [-0.2, -0.15) is 0 Å². The summed E-state index contributed by atoms with van der Waals surface area (Å²) in [5.41, 5.74) is 3.15. The maximum Gasteiger partial charge on any atom is 0.251 e. The van der Waals surface area contributed by atoms with E-state index in [-0.39, 0.29) is 11.9 Å². The highest BCUT2D eigenvalue weighted by atomic mass is 35.5. The highest BCUT2D eigenvalue weighted by Gasteiger charge is 2.27. The summed E-state index contributed by atoms with van der Waals surface area (Å²) in [4.78, 5) is 21.4. The van der Waals surface area contributed by atoms with Crippen LogP contribution in [0.5, 0.6) is 0 Å². The van der Waals surface area contributed by atoms with Crippen LogP contribution < -0.4 is 10.6 Å². The number of nitrogens with one attached hydrogen (secondary N) is 2. The van der Waals surface area contributed by atoms with E-state index in [0.717, 1.165) is 36.7 Å². The number of pyridine rings is 1. The Bertz CT molecular complexity index is 1080. The van der Waals surface area contributed by atoms with Crippen LogP contribution in [0.15, 0.2) is 30.6 Å². The van der Waals surface area contributed by atoms with Gasteiger partial charge >= 0.3 is 0 Å². The number of hydrogen-bond acceptors (Lipinski definition) is 4. The molecule has 0 bridgehead atoms. The maximum absolute atomic E-state index is 12.8. The topological polar surface area (TPSA) is 71.8 Å². The van der Waals surface area contributed by atoms with Crippen molar-refractivity contribution in [3.8, 4) is 0 Å². The zero-order chi connectivity index (χ0) is 21.5. The van der Waals surface area contributed by atoms with Crippen LogP contribution in [0.25, 0.3) is 11.0 Å². The van der Waals surface area contributed by atoms with E-state index in [4.69, 9.17) is 23.2 Å². The van der Waals surface area contributed by atoms with Gasteiger partial charge < -0.3 is 15.2 Å². The Morgan fingerprint density at radius 3 is 2.50 bits per heavy atom. The number of hydrogen-bond donors (Lipinski definition) is 2. The van der Waals surface area contributed by atoms with Crippen molar-refractivity contribution in [1.82, 2.24) is 19.9 Å². The molecule has 1 aliphatic carbocycles. The number of fused-ring (bicyclic) bond motifs is 1. The number of carbonyl (C=O) groups excluding carboxylic acids is 1. The van der Waals surface area contributed by atoms with E-state index in [1.165, 1.54) is 12.4 Å². The molecule has 0 spiro atoms. The summed E-state index contributed by atoms with van der Waals surface area (Å²) in [5, 5.41) is 7.17. The standard InChI is InChI=1S/C22H25Cl2N5O/c1-22(2)8-6-14(7-9-22)26-20(30)13-4-5-18-17(10-13)27-21(29(18)3)28-19-15(23)11-25-12-16(19)24/h4-5,10-12,14H,6-9H2,1-3H3,(H,26,30)(H,25,27,28). The highest BCUT2D eigenvalue weighted by Crippen LogP contribution is 2.35. The normalized spacial score (nSPS) is 16.6. The average Bonchev–Trinajstić information content (AvgIpc) is 3.01. The molecule has 2 aromatic heterocycles. The Morgan fingerprint density at radius 1 is 1.17 bits per heavy atom. The van der Waals surface area contributed by atoms with Crippen molar-refractivity contribution in [1.29, 1.82) is 0 Å². The molecule has 1 fully saturated rings. The lowest BCUT2D eigenvalue weighted by Crippen LogP contribution is -2.39. The third-order valence-electron chi connectivity index (χ3n) is 5.91. The predicted octanol–water partition coefficient (Wildman–Crippen LogP) is 5.72. The summed E-state index contributed by atoms with van der Waals surface area (Å²) in [6.45, 7) is 4.58. The van der Waals surface area contributed by atoms with Crippen LogP contribution in [0.2, 0.25) is 10.0 Å². The number of nitrogens with zero attached hydrogens (tertiary/aromatic N) is 3. The van der Waals surface area contributed by atoms with Gasteiger partial charge in [0.15, 0.2) is 0 Å². The smallest absolute Gasteiger partial charge is 0.251 e. The second-order valence-electron chi connectivity index (χ2n) is 8.71. The largest absolute Gasteiger partial charge is 0.349 e. The molecule has 4 rings (SSSR count). The zero-order valence-corrected chi connectivity index (χ0v) is 18.8. The number of halogens is 2. The van der Waals surface area contributed by atoms with Crippen molar-refractivity contribution in [3.05, 3.63) is 46.2 Å². The molecule has 1 saturated carbocycles. The van der Waals surface area contributed by atoms with Crippen LogP contribution in [-0.2, 0) is 7.05 Å². The number of carbonyl (C=O) groups is 1. The molecule has 8 heteroatoms. The summed E-state index contributed by atoms with van der Waals surface area (Å²) < 4.78 is 1.90. The summed E-state index contributed by atoms with van der Waals surface area (Å²) in [5.74, 6) is 0.522. The predicted molar refractivity (Wildman–Crippen MR) is 122 cm³/mol. The van der Waals surface area contributed by atoms with Gasteiger partial charge in [0.2, 0.25) is 5.95 Å². The van der Waals surface area contributed by atoms with Gasteiger partial charge in [0, 0.05) is 31.0 Å². The average molecular weight is 446 g/mol. The molecular weight excluding hydrogens is 421 g/mol. The monoisotopic (exact) mass is 445 g/mol. The molecule has 1 aromatic carbocycles. The summed E-state index contributed by atoms with van der Waals surface area (Å²) in [6.07, 6.45) is 7.34. The van der Waals surface area contributed by atoms with Crippen molar-refractivity contribution in [2.24, 2.45) is 12.5 Å². The van der Waals surface area contributed by atoms with E-state index < -0.39 is 0 Å². The van der Waals surface area contributed by atoms with Crippen LogP contribution in [0.4, 0.5) is 11.6 Å². The fourth-order valence-corrected chi connectivity index (χ4v) is 4.37. The van der Waals surface area contributed by atoms with Gasteiger partial charge in [-0.05, 0) is 49.3 Å². The molecule has 158 valence electrons. The van der Waals surface area contributed by atoms with Crippen molar-refractivity contribution >= 4 is 51.8 Å². The van der Waals surface area contributed by atoms with Gasteiger partial charge in [-0.3, -0.25) is 9.78 Å². The molecule has 2 N–H and O–H groups in total. The first-order valence-corrected chi connectivity index (χ1v) is 10.8. The molecule has 1 amide bonds. The first-order valence-electron chi connectivity index (χ1n) is 10.1. The first kappa shape index (κ1) is 20.9. The molecule has 0 aliphatic heterocycles. The third-order valence-corrected chi connectivity index (χ3v) is 6.48. The summed E-state index contributed by atoms with van der Waals surface area (Å²) in [7, 11) is 1.89. The second kappa shape index (κ2) is 8.08. The van der Waals surface area contributed by atoms with E-state index in [2.05, 4.69) is 34.4 Å². The molecule has 3 aromatic rings. The van der Waals surface area contributed by atoms with Crippen LogP contribution in [-0.4, -0.2) is 26.5 Å². The number of benzene rings is 1. The van der Waals surface area contributed by atoms with Crippen molar-refractivity contribution in [2.45, 2.75) is 45.6 Å². The van der Waals surface area contributed by atoms with Crippen LogP contribution in [0.1, 0.15) is 49.9 Å². The number of amides is 1. The minimum Gasteiger partial charge on any atom is -0.349 e. The Balaban J connectivity index is 1.54. The number of rotatable bonds is 4. The molecule has 0 atom stereocenters. The fourth-order valence-electron chi connectivity index (χ4n) is 3.91. The summed E-state index contributed by atoms with van der Waals surface area (Å²) >= 11 is 12.4. The van der Waals surface area contributed by atoms with Gasteiger partial charge in [-0.25, -0.2) is 4.98 Å². The third kappa shape index (κ3) is 4.25. The minimum absolute atomic E-state index is 0.0537. The number of aryl methyl sites for hydroxylation is 1. The lowest BCUT2D eigenvalue weighted by molar-refractivity contribution is 0.0909. The van der Waals surface area contributed by atoms with Crippen molar-refractivity contribution < 1.29 is 4.79 Å². The van der Waals surface area contributed by atoms with Crippen molar-refractivity contribution in [3.63, 3.8) is 0 Å². The molecule has 0 unspecified atom stereocenters. The van der Waals surface area contributed by atoms with Crippen molar-refractivity contribution in [2.75, 3.05) is 5.32 Å². The summed E-state index contributed by atoms with van der Waals surface area (Å²) in [6, 6.07) is 5.79. The molecule has 1 aliphatic rings. The highest BCUT2D eigenvalue weighted by molar-refractivity contribution is 6.39. The minimum atomic E-state index is -0.0537. The van der Waals surface area contributed by atoms with Gasteiger partial charge in [0.25, 0.3) is 5.91 Å². The number of aromatic nitrogens is 3. The Labute approximate surface area is 186 Å². The maximum atomic E-state index is 12.8. The van der Waals surface area contributed by atoms with Gasteiger partial charge in [0.05, 0.1) is 26.8 Å². The van der Waals surface area contributed by atoms with E-state index in [1.54, 1.807) is 0 Å². The van der Waals surface area contributed by atoms with Crippen LogP contribution >= 0.6 is 23.2 Å². The quantitative estimate of drug-likeness (QED) is 0.538. The molecule has 2 heterocycles. The lowest BCUT2D eigenvalue weighted by atomic mass is 9.75. The fraction of sp³-hybridized carbons (Fsp3) is 0.409. The number of imidazole rings is 1. The van der Waals surface area contributed by atoms with E-state index in [9.17, 15) is 4.79 Å². The number of anilines is 2. The Morgan fingerprint density at radius 2 is 1.83 bits per heavy atom. The SMILES string of the molecule is Cn1c(Nc2c(Cl)cncc2Cl)nc2cc(C(=O)NC3CCC(C)(C)CC3)ccc21. The van der Waals surface area contributed by atoms with Gasteiger partial charge in [-0.15, -0.1) is 0 Å². The zero-order valence-electron chi connectivity index (χ0n) is 17.3. The van der Waals surface area contributed by atoms with E-state index in [1.807, 2.05) is 29.8 Å². The molecule has 0 radical (unpaired) electrons. The second-order valence-corrected chi connectivity index (χ2v) is 9.53. The lowest BCUT2D eigenvalue weighted by Gasteiger charge is -2.34. The molecular formula is C22H25Cl2N5O. The molecule has 30 heavy (non-hydrogen) atoms. The van der Waals surface area contributed by atoms with E-state index >= 15 is 0 Å². The Kier molecular flexibility index (Phi) is 5.64. The first-order chi connectivity index (χ1) is 14.2. The Hall–Kier alpha value is -2.31. The van der Waals surface area contributed by atoms with Gasteiger partial charge in [-0.1, -0.05) is 37.0 Å².